The molecule has 1 N–H and O–H groups in total. The Balaban J connectivity index is 0.00000274. The van der Waals surface area contributed by atoms with Gasteiger partial charge in [-0.1, -0.05) is 36.4 Å². The smallest absolute Gasteiger partial charge is 0.226 e. The van der Waals surface area contributed by atoms with Gasteiger partial charge >= 0.3 is 0 Å². The van der Waals surface area contributed by atoms with Gasteiger partial charge in [-0.15, -0.1) is 24.0 Å². The summed E-state index contributed by atoms with van der Waals surface area (Å²) in [5.74, 6) is 2.08. The van der Waals surface area contributed by atoms with Gasteiger partial charge in [0.25, 0.3) is 0 Å². The zero-order valence-electron chi connectivity index (χ0n) is 19.3. The number of likely N-dealkylation sites (tertiary alicyclic amines) is 1. The molecule has 1 unspecified atom stereocenters. The van der Waals surface area contributed by atoms with Crippen LogP contribution >= 0.6 is 24.0 Å². The lowest BCUT2D eigenvalue weighted by atomic mass is 9.98. The molecule has 1 fully saturated rings. The van der Waals surface area contributed by atoms with Crippen molar-refractivity contribution in [3.8, 4) is 11.5 Å². The summed E-state index contributed by atoms with van der Waals surface area (Å²) in [4.78, 5) is 25.4. The lowest BCUT2D eigenvalue weighted by molar-refractivity contribution is -0.127. The van der Waals surface area contributed by atoms with Crippen LogP contribution in [0.25, 0.3) is 11.5 Å². The van der Waals surface area contributed by atoms with Gasteiger partial charge in [0, 0.05) is 50.3 Å². The lowest BCUT2D eigenvalue weighted by Gasteiger charge is -2.23. The minimum Gasteiger partial charge on any atom is -0.444 e. The number of halogens is 1. The Labute approximate surface area is 217 Å². The summed E-state index contributed by atoms with van der Waals surface area (Å²) >= 11 is 0. The number of carbonyl (C=O) groups is 1. The van der Waals surface area contributed by atoms with Crippen molar-refractivity contribution < 1.29 is 9.21 Å². The molecular formula is C26H30IN5O2. The monoisotopic (exact) mass is 571 g/mol. The number of aliphatic imine (C=N–C) groups is 1. The number of guanidine groups is 1. The van der Waals surface area contributed by atoms with Gasteiger partial charge in [0.05, 0.1) is 12.2 Å². The van der Waals surface area contributed by atoms with Crippen LogP contribution in [0.2, 0.25) is 0 Å². The van der Waals surface area contributed by atoms with E-state index in [1.165, 1.54) is 11.3 Å². The molecule has 8 heteroatoms. The second kappa shape index (κ2) is 11.0. The zero-order valence-corrected chi connectivity index (χ0v) is 21.6. The van der Waals surface area contributed by atoms with E-state index >= 15 is 0 Å². The summed E-state index contributed by atoms with van der Waals surface area (Å²) in [5, 5.41) is 3.45. The lowest BCUT2D eigenvalue weighted by Crippen LogP contribution is -2.40. The Kier molecular flexibility index (Phi) is 7.87. The van der Waals surface area contributed by atoms with E-state index in [2.05, 4.69) is 44.5 Å². The fourth-order valence-corrected chi connectivity index (χ4v) is 4.76. The Bertz CT molecular complexity index is 1150. The molecular weight excluding hydrogens is 541 g/mol. The fraction of sp³-hybridized carbons (Fsp3) is 0.346. The number of benzene rings is 2. The third kappa shape index (κ3) is 5.11. The number of nitrogens with zero attached hydrogens (tertiary/aromatic N) is 4. The maximum Gasteiger partial charge on any atom is 0.226 e. The first-order valence-electron chi connectivity index (χ1n) is 11.6. The number of hydrogen-bond donors (Lipinski definition) is 1. The fourth-order valence-electron chi connectivity index (χ4n) is 4.76. The first-order valence-corrected chi connectivity index (χ1v) is 11.6. The predicted molar refractivity (Wildman–Crippen MR) is 145 cm³/mol. The zero-order chi connectivity index (χ0) is 22.6. The molecule has 3 heterocycles. The summed E-state index contributed by atoms with van der Waals surface area (Å²) in [6.45, 7) is 3.07. The molecule has 34 heavy (non-hydrogen) atoms. The second-order valence-corrected chi connectivity index (χ2v) is 8.55. The van der Waals surface area contributed by atoms with Crippen LogP contribution in [0.5, 0.6) is 0 Å². The predicted octanol–water partition coefficient (Wildman–Crippen LogP) is 4.65. The van der Waals surface area contributed by atoms with E-state index in [9.17, 15) is 4.79 Å². The summed E-state index contributed by atoms with van der Waals surface area (Å²) in [5.41, 5.74) is 4.28. The minimum absolute atomic E-state index is 0. The van der Waals surface area contributed by atoms with E-state index in [1.54, 1.807) is 13.3 Å². The van der Waals surface area contributed by atoms with Crippen LogP contribution in [0.4, 0.5) is 5.69 Å². The summed E-state index contributed by atoms with van der Waals surface area (Å²) in [7, 11) is 1.80. The van der Waals surface area contributed by atoms with Crippen LogP contribution in [0.3, 0.4) is 0 Å². The van der Waals surface area contributed by atoms with Crippen LogP contribution in [-0.4, -0.2) is 48.4 Å². The highest BCUT2D eigenvalue weighted by Crippen LogP contribution is 2.38. The van der Waals surface area contributed by atoms with Crippen molar-refractivity contribution in [2.45, 2.75) is 31.7 Å². The van der Waals surface area contributed by atoms with Crippen molar-refractivity contribution in [2.75, 3.05) is 31.6 Å². The van der Waals surface area contributed by atoms with Crippen LogP contribution in [0, 0.1) is 0 Å². The molecule has 7 nitrogen and oxygen atoms in total. The van der Waals surface area contributed by atoms with Crippen LogP contribution in [0.15, 0.2) is 70.3 Å². The Morgan fingerprint density at radius 3 is 2.74 bits per heavy atom. The Morgan fingerprint density at radius 1 is 1.18 bits per heavy atom. The number of amides is 1. The molecule has 1 aromatic heterocycles. The quantitative estimate of drug-likeness (QED) is 0.265. The molecule has 1 saturated heterocycles. The average Bonchev–Trinajstić information content (AvgIpc) is 3.58. The molecule has 2 aromatic carbocycles. The van der Waals surface area contributed by atoms with Gasteiger partial charge in [-0.3, -0.25) is 9.79 Å². The van der Waals surface area contributed by atoms with E-state index in [0.717, 1.165) is 49.7 Å². The highest BCUT2D eigenvalue weighted by molar-refractivity contribution is 14.0. The van der Waals surface area contributed by atoms with Crippen molar-refractivity contribution >= 4 is 41.5 Å². The van der Waals surface area contributed by atoms with E-state index in [4.69, 9.17) is 4.42 Å². The molecule has 0 radical (unpaired) electrons. The van der Waals surface area contributed by atoms with Crippen LogP contribution in [0.1, 0.15) is 36.4 Å². The first-order chi connectivity index (χ1) is 16.2. The number of rotatable bonds is 6. The molecule has 178 valence electrons. The first kappa shape index (κ1) is 24.3. The Hall–Kier alpha value is -2.88. The minimum atomic E-state index is 0. The van der Waals surface area contributed by atoms with Crippen molar-refractivity contribution in [1.82, 2.24) is 15.2 Å². The topological polar surface area (TPSA) is 74.0 Å². The van der Waals surface area contributed by atoms with E-state index in [1.807, 2.05) is 35.2 Å². The van der Waals surface area contributed by atoms with Crippen molar-refractivity contribution in [2.24, 2.45) is 4.99 Å². The van der Waals surface area contributed by atoms with Gasteiger partial charge in [-0.05, 0) is 36.6 Å². The normalized spacial score (nSPS) is 17.6. The SMILES string of the molecule is CN=C(NCc1coc(-c2ccccc2)n1)N1CC(CCN2CCCC2=O)c2ccccc21.I. The number of anilines is 1. The molecule has 2 aliphatic heterocycles. The van der Waals surface area contributed by atoms with Crippen molar-refractivity contribution in [1.29, 1.82) is 0 Å². The third-order valence-corrected chi connectivity index (χ3v) is 6.46. The number of para-hydroxylation sites is 1. The van der Waals surface area contributed by atoms with E-state index in [0.29, 0.717) is 24.8 Å². The highest BCUT2D eigenvalue weighted by Gasteiger charge is 2.32. The molecule has 0 bridgehead atoms. The number of nitrogens with one attached hydrogen (secondary N) is 1. The van der Waals surface area contributed by atoms with Gasteiger partial charge in [-0.2, -0.15) is 0 Å². The van der Waals surface area contributed by atoms with Crippen LogP contribution in [-0.2, 0) is 11.3 Å². The van der Waals surface area contributed by atoms with E-state index < -0.39 is 0 Å². The van der Waals surface area contributed by atoms with Gasteiger partial charge in [-0.25, -0.2) is 4.98 Å². The molecule has 2 aliphatic rings. The molecule has 3 aromatic rings. The number of fused-ring (bicyclic) bond motifs is 1. The van der Waals surface area contributed by atoms with Gasteiger partial charge < -0.3 is 19.5 Å². The number of oxazole rings is 1. The maximum absolute atomic E-state index is 12.0. The molecule has 0 spiro atoms. The van der Waals surface area contributed by atoms with Crippen molar-refractivity contribution in [3.63, 3.8) is 0 Å². The van der Waals surface area contributed by atoms with Crippen LogP contribution < -0.4 is 10.2 Å². The van der Waals surface area contributed by atoms with E-state index in [-0.39, 0.29) is 29.9 Å². The summed E-state index contributed by atoms with van der Waals surface area (Å²) in [6.07, 6.45) is 4.32. The standard InChI is InChI=1S/C26H29N5O2.HI/c1-27-26(28-16-21-18-33-25(29-21)19-8-3-2-4-9-19)31-17-20(22-10-5-6-11-23(22)31)13-15-30-14-7-12-24(30)32;/h2-6,8-11,18,20H,7,12-17H2,1H3,(H,27,28);1H. The third-order valence-electron chi connectivity index (χ3n) is 6.46. The largest absolute Gasteiger partial charge is 0.444 e. The molecule has 0 saturated carbocycles. The highest BCUT2D eigenvalue weighted by atomic mass is 127. The average molecular weight is 571 g/mol. The summed E-state index contributed by atoms with van der Waals surface area (Å²) in [6, 6.07) is 18.4. The molecule has 1 atom stereocenters. The second-order valence-electron chi connectivity index (χ2n) is 8.55. The summed E-state index contributed by atoms with van der Waals surface area (Å²) < 4.78 is 5.67. The molecule has 5 rings (SSSR count). The number of hydrogen-bond acceptors (Lipinski definition) is 4. The maximum atomic E-state index is 12.0. The van der Waals surface area contributed by atoms with Gasteiger partial charge in [0.1, 0.15) is 6.26 Å². The van der Waals surface area contributed by atoms with Gasteiger partial charge in [0.2, 0.25) is 11.8 Å². The van der Waals surface area contributed by atoms with Gasteiger partial charge in [0.15, 0.2) is 5.96 Å². The molecule has 0 aliphatic carbocycles. The number of aromatic nitrogens is 1. The van der Waals surface area contributed by atoms with Crippen molar-refractivity contribution in [3.05, 3.63) is 72.1 Å². The molecule has 1 amide bonds. The Morgan fingerprint density at radius 2 is 1.97 bits per heavy atom. The number of carbonyl (C=O) groups excluding carboxylic acids is 1.